The van der Waals surface area contributed by atoms with Crippen molar-refractivity contribution in [1.82, 2.24) is 0 Å². The van der Waals surface area contributed by atoms with E-state index in [1.165, 1.54) is 11.0 Å². The Morgan fingerprint density at radius 3 is 2.14 bits per heavy atom. The van der Waals surface area contributed by atoms with Crippen LogP contribution in [0.15, 0.2) is 18.2 Å². The summed E-state index contributed by atoms with van der Waals surface area (Å²) in [5.41, 5.74) is 1.33. The van der Waals surface area contributed by atoms with Crippen LogP contribution in [0.25, 0.3) is 0 Å². The van der Waals surface area contributed by atoms with Gasteiger partial charge in [0.05, 0.1) is 17.5 Å². The maximum absolute atomic E-state index is 12.9. The summed E-state index contributed by atoms with van der Waals surface area (Å²) in [6, 6.07) is 4.76. The molecule has 2 amide bonds. The lowest BCUT2D eigenvalue weighted by Crippen LogP contribution is -2.37. The molecule has 1 aliphatic heterocycles. The van der Waals surface area contributed by atoms with Gasteiger partial charge in [0, 0.05) is 9.65 Å². The van der Waals surface area contributed by atoms with Gasteiger partial charge < -0.3 is 5.11 Å². The molecule has 3 aliphatic rings. The second-order valence-corrected chi connectivity index (χ2v) is 8.60. The maximum atomic E-state index is 12.9. The number of carbonyl (C=O) groups excluding carboxylic acids is 2. The molecular weight excluding hydrogens is 414 g/mol. The van der Waals surface area contributed by atoms with Crippen LogP contribution in [0, 0.1) is 30.6 Å². The highest BCUT2D eigenvalue weighted by Crippen LogP contribution is 2.60. The molecule has 0 spiro atoms. The number of alkyl halides is 2. The molecule has 6 atom stereocenters. The zero-order valence-electron chi connectivity index (χ0n) is 11.9. The lowest BCUT2D eigenvalue weighted by Gasteiger charge is -2.28. The first-order chi connectivity index (χ1) is 10.4. The van der Waals surface area contributed by atoms with E-state index in [0.717, 1.165) is 12.0 Å². The van der Waals surface area contributed by atoms with Crippen molar-refractivity contribution in [2.45, 2.75) is 23.0 Å². The number of aromatic hydroxyl groups is 1. The summed E-state index contributed by atoms with van der Waals surface area (Å²) in [5, 5.41) is 9.54. The van der Waals surface area contributed by atoms with Gasteiger partial charge in [0.15, 0.2) is 0 Å². The third kappa shape index (κ3) is 1.74. The van der Waals surface area contributed by atoms with E-state index in [9.17, 15) is 14.7 Å². The van der Waals surface area contributed by atoms with Crippen LogP contribution in [-0.4, -0.2) is 26.6 Å². The fourth-order valence-corrected chi connectivity index (χ4v) is 6.35. The van der Waals surface area contributed by atoms with Crippen LogP contribution in [0.4, 0.5) is 5.69 Å². The molecule has 116 valence electrons. The molecule has 1 N–H and O–H groups in total. The van der Waals surface area contributed by atoms with Crippen molar-refractivity contribution >= 4 is 49.4 Å². The highest BCUT2D eigenvalue weighted by Gasteiger charge is 2.66. The number of halogens is 2. The van der Waals surface area contributed by atoms with E-state index >= 15 is 0 Å². The Kier molecular flexibility index (Phi) is 3.21. The van der Waals surface area contributed by atoms with Crippen LogP contribution in [0.5, 0.6) is 5.75 Å². The van der Waals surface area contributed by atoms with Gasteiger partial charge in [0.2, 0.25) is 11.8 Å². The summed E-state index contributed by atoms with van der Waals surface area (Å²) in [4.78, 5) is 27.6. The van der Waals surface area contributed by atoms with Gasteiger partial charge in [-0.1, -0.05) is 31.9 Å². The largest absolute Gasteiger partial charge is 0.508 e. The lowest BCUT2D eigenvalue weighted by atomic mass is 9.81. The number of rotatable bonds is 1. The standard InChI is InChI=1S/C16H15Br2NO3/c1-6-4-7(20)2-3-10(6)19-15(21)11-8-5-9(12(11)16(19)22)14(18)13(8)17/h2-4,8-9,11-14,20H,5H2,1H3/t8-,9-,11+,12+,13-,14-/m1/s1. The molecule has 0 radical (unpaired) electrons. The first-order valence-corrected chi connectivity index (χ1v) is 9.20. The van der Waals surface area contributed by atoms with Crippen molar-refractivity contribution in [3.05, 3.63) is 23.8 Å². The number of amides is 2. The van der Waals surface area contributed by atoms with Crippen LogP contribution < -0.4 is 4.90 Å². The molecule has 0 unspecified atom stereocenters. The number of imide groups is 1. The molecule has 1 aromatic carbocycles. The third-order valence-corrected chi connectivity index (χ3v) is 8.62. The minimum atomic E-state index is -0.205. The molecule has 2 aliphatic carbocycles. The summed E-state index contributed by atoms with van der Waals surface area (Å²) in [6.07, 6.45) is 0.932. The lowest BCUT2D eigenvalue weighted by molar-refractivity contribution is -0.123. The van der Waals surface area contributed by atoms with Crippen LogP contribution in [-0.2, 0) is 9.59 Å². The number of anilines is 1. The number of aryl methyl sites for hydroxylation is 1. The number of hydrogen-bond donors (Lipinski definition) is 1. The minimum absolute atomic E-state index is 0.0832. The van der Waals surface area contributed by atoms with Crippen LogP contribution in [0.1, 0.15) is 12.0 Å². The number of fused-ring (bicyclic) bond motifs is 5. The van der Waals surface area contributed by atoms with Crippen molar-refractivity contribution in [3.8, 4) is 5.75 Å². The SMILES string of the molecule is Cc1cc(O)ccc1N1C(=O)[C@H]2[C@H]3C[C@@H]([C@@H](Br)[C@@H]3Br)[C@@H]2C1=O. The van der Waals surface area contributed by atoms with Crippen molar-refractivity contribution < 1.29 is 14.7 Å². The second-order valence-electron chi connectivity index (χ2n) is 6.49. The number of hydrogen-bond acceptors (Lipinski definition) is 3. The second kappa shape index (κ2) is 4.81. The van der Waals surface area contributed by atoms with E-state index in [0.29, 0.717) is 5.69 Å². The third-order valence-electron chi connectivity index (χ3n) is 5.41. The van der Waals surface area contributed by atoms with E-state index in [2.05, 4.69) is 31.9 Å². The summed E-state index contributed by atoms with van der Waals surface area (Å²) in [6.45, 7) is 1.80. The predicted molar refractivity (Wildman–Crippen MR) is 89.3 cm³/mol. The Morgan fingerprint density at radius 1 is 1.09 bits per heavy atom. The molecule has 1 heterocycles. The Labute approximate surface area is 145 Å². The van der Waals surface area contributed by atoms with Crippen molar-refractivity contribution in [2.75, 3.05) is 4.90 Å². The summed E-state index contributed by atoms with van der Waals surface area (Å²) < 4.78 is 0. The molecule has 1 saturated heterocycles. The molecule has 22 heavy (non-hydrogen) atoms. The van der Waals surface area contributed by atoms with Crippen molar-refractivity contribution in [2.24, 2.45) is 23.7 Å². The average molecular weight is 429 g/mol. The van der Waals surface area contributed by atoms with E-state index in [1.807, 2.05) is 0 Å². The molecule has 3 fully saturated rings. The summed E-state index contributed by atoms with van der Waals surface area (Å²) in [7, 11) is 0. The van der Waals surface area contributed by atoms with E-state index in [1.54, 1.807) is 19.1 Å². The molecule has 4 rings (SSSR count). The minimum Gasteiger partial charge on any atom is -0.508 e. The van der Waals surface area contributed by atoms with E-state index in [-0.39, 0.29) is 50.9 Å². The van der Waals surface area contributed by atoms with Gasteiger partial charge in [0.1, 0.15) is 5.75 Å². The molecule has 0 aromatic heterocycles. The zero-order chi connectivity index (χ0) is 15.8. The molecule has 4 nitrogen and oxygen atoms in total. The highest BCUT2D eigenvalue weighted by atomic mass is 79.9. The van der Waals surface area contributed by atoms with Gasteiger partial charge in [-0.25, -0.2) is 4.90 Å². The van der Waals surface area contributed by atoms with E-state index in [4.69, 9.17) is 0 Å². The normalized spacial score (nSPS) is 39.7. The zero-order valence-corrected chi connectivity index (χ0v) is 15.0. The van der Waals surface area contributed by atoms with Gasteiger partial charge in [0.25, 0.3) is 0 Å². The molecule has 6 heteroatoms. The smallest absolute Gasteiger partial charge is 0.238 e. The van der Waals surface area contributed by atoms with Crippen LogP contribution in [0.3, 0.4) is 0 Å². The summed E-state index contributed by atoms with van der Waals surface area (Å²) in [5.74, 6) is 0.00572. The molecular formula is C16H15Br2NO3. The molecule has 2 bridgehead atoms. The monoisotopic (exact) mass is 427 g/mol. The van der Waals surface area contributed by atoms with Crippen LogP contribution >= 0.6 is 31.9 Å². The Morgan fingerprint density at radius 2 is 1.64 bits per heavy atom. The first-order valence-electron chi connectivity index (χ1n) is 7.37. The molecule has 1 aromatic rings. The number of phenols is 1. The topological polar surface area (TPSA) is 57.6 Å². The first kappa shape index (κ1) is 14.7. The van der Waals surface area contributed by atoms with Gasteiger partial charge >= 0.3 is 0 Å². The number of phenolic OH excluding ortho intramolecular Hbond substituents is 1. The van der Waals surface area contributed by atoms with Gasteiger partial charge in [-0.15, -0.1) is 0 Å². The van der Waals surface area contributed by atoms with Crippen molar-refractivity contribution in [3.63, 3.8) is 0 Å². The Hall–Kier alpha value is -0.880. The van der Waals surface area contributed by atoms with E-state index < -0.39 is 0 Å². The highest BCUT2D eigenvalue weighted by molar-refractivity contribution is 9.12. The predicted octanol–water partition coefficient (Wildman–Crippen LogP) is 2.98. The number of carbonyl (C=O) groups is 2. The average Bonchev–Trinajstić information content (AvgIpc) is 3.06. The molecule has 2 saturated carbocycles. The fraction of sp³-hybridized carbons (Fsp3) is 0.500. The quantitative estimate of drug-likeness (QED) is 0.552. The summed E-state index contributed by atoms with van der Waals surface area (Å²) >= 11 is 7.37. The van der Waals surface area contributed by atoms with Crippen LogP contribution in [0.2, 0.25) is 0 Å². The van der Waals surface area contributed by atoms with Crippen molar-refractivity contribution in [1.29, 1.82) is 0 Å². The Balaban J connectivity index is 1.76. The van der Waals surface area contributed by atoms with Gasteiger partial charge in [-0.2, -0.15) is 0 Å². The number of nitrogens with zero attached hydrogens (tertiary/aromatic N) is 1. The van der Waals surface area contributed by atoms with Gasteiger partial charge in [-0.3, -0.25) is 9.59 Å². The maximum Gasteiger partial charge on any atom is 0.238 e. The van der Waals surface area contributed by atoms with Gasteiger partial charge in [-0.05, 0) is 48.9 Å². The Bertz CT molecular complexity index is 660. The fourth-order valence-electron chi connectivity index (χ4n) is 4.48. The number of benzene rings is 1.